The van der Waals surface area contributed by atoms with Crippen molar-refractivity contribution in [2.45, 2.75) is 85.2 Å². The van der Waals surface area contributed by atoms with E-state index in [-0.39, 0.29) is 6.04 Å². The van der Waals surface area contributed by atoms with Gasteiger partial charge in [-0.25, -0.2) is 0 Å². The number of likely N-dealkylation sites (tertiary alicyclic amines) is 1. The minimum Gasteiger partial charge on any atom is -0.383 e. The molecule has 3 atom stereocenters. The quantitative estimate of drug-likeness (QED) is 0.252. The van der Waals surface area contributed by atoms with Crippen LogP contribution < -0.4 is 10.6 Å². The fraction of sp³-hybridized carbons (Fsp3) is 0.486. The predicted octanol–water partition coefficient (Wildman–Crippen LogP) is 8.06. The van der Waals surface area contributed by atoms with E-state index in [1.165, 1.54) is 53.6 Å². The number of hydrogen-bond acceptors (Lipinski definition) is 3. The number of rotatable bonds is 15. The van der Waals surface area contributed by atoms with Gasteiger partial charge in [-0.15, -0.1) is 0 Å². The summed E-state index contributed by atoms with van der Waals surface area (Å²) in [5, 5.41) is 7.40. The largest absolute Gasteiger partial charge is 0.383 e. The Hall–Kier alpha value is -2.94. The van der Waals surface area contributed by atoms with Crippen LogP contribution in [-0.2, 0) is 13.0 Å². The van der Waals surface area contributed by atoms with Gasteiger partial charge in [0.15, 0.2) is 0 Å². The first-order valence-corrected chi connectivity index (χ1v) is 14.7. The van der Waals surface area contributed by atoms with Gasteiger partial charge in [-0.05, 0) is 75.0 Å². The molecule has 0 aliphatic carbocycles. The highest BCUT2D eigenvalue weighted by Crippen LogP contribution is 2.27. The Morgan fingerprint density at radius 2 is 1.82 bits per heavy atom. The van der Waals surface area contributed by atoms with Crippen LogP contribution in [0.1, 0.15) is 74.6 Å². The summed E-state index contributed by atoms with van der Waals surface area (Å²) < 4.78 is 0. The van der Waals surface area contributed by atoms with Gasteiger partial charge in [0.1, 0.15) is 0 Å². The Morgan fingerprint density at radius 1 is 1.05 bits per heavy atom. The summed E-state index contributed by atoms with van der Waals surface area (Å²) >= 11 is 0. The van der Waals surface area contributed by atoms with E-state index in [0.717, 1.165) is 56.2 Å². The molecular weight excluding hydrogens is 462 g/mol. The zero-order chi connectivity index (χ0) is 27.5. The van der Waals surface area contributed by atoms with Gasteiger partial charge >= 0.3 is 0 Å². The molecule has 3 unspecified atom stereocenters. The van der Waals surface area contributed by atoms with Crippen LogP contribution in [0.3, 0.4) is 0 Å². The van der Waals surface area contributed by atoms with E-state index in [9.17, 15) is 0 Å². The average Bonchev–Trinajstić information content (AvgIpc) is 2.92. The zero-order valence-corrected chi connectivity index (χ0v) is 24.5. The van der Waals surface area contributed by atoms with E-state index in [0.29, 0.717) is 5.92 Å². The molecule has 1 aliphatic rings. The number of piperidine rings is 1. The molecule has 2 N–H and O–H groups in total. The fourth-order valence-corrected chi connectivity index (χ4v) is 5.58. The number of hydrogen-bond donors (Lipinski definition) is 2. The third-order valence-corrected chi connectivity index (χ3v) is 8.16. The van der Waals surface area contributed by atoms with Crippen molar-refractivity contribution in [2.75, 3.05) is 13.1 Å². The topological polar surface area (TPSA) is 27.3 Å². The minimum atomic E-state index is 0.104. The van der Waals surface area contributed by atoms with Crippen molar-refractivity contribution in [3.05, 3.63) is 108 Å². The summed E-state index contributed by atoms with van der Waals surface area (Å²) in [4.78, 5) is 2.53. The molecule has 206 valence electrons. The zero-order valence-electron chi connectivity index (χ0n) is 24.5. The monoisotopic (exact) mass is 513 g/mol. The van der Waals surface area contributed by atoms with Gasteiger partial charge in [0.2, 0.25) is 0 Å². The number of allylic oxidation sites excluding steroid dienone is 2. The molecule has 0 amide bonds. The molecule has 3 rings (SSSR count). The smallest absolute Gasteiger partial charge is 0.0654 e. The van der Waals surface area contributed by atoms with Gasteiger partial charge in [0.05, 0.1) is 6.04 Å². The normalized spacial score (nSPS) is 16.9. The van der Waals surface area contributed by atoms with Crippen LogP contribution in [0.15, 0.2) is 85.4 Å². The van der Waals surface area contributed by atoms with E-state index >= 15 is 0 Å². The number of nitrogens with zero attached hydrogens (tertiary/aromatic N) is 1. The van der Waals surface area contributed by atoms with E-state index in [1.807, 2.05) is 0 Å². The van der Waals surface area contributed by atoms with Gasteiger partial charge in [0, 0.05) is 42.6 Å². The van der Waals surface area contributed by atoms with Crippen LogP contribution in [0.5, 0.6) is 0 Å². The van der Waals surface area contributed by atoms with Crippen molar-refractivity contribution in [1.29, 1.82) is 0 Å². The highest BCUT2D eigenvalue weighted by Gasteiger charge is 2.22. The van der Waals surface area contributed by atoms with E-state index in [1.54, 1.807) is 0 Å². The highest BCUT2D eigenvalue weighted by molar-refractivity contribution is 5.31. The lowest BCUT2D eigenvalue weighted by atomic mass is 9.92. The molecule has 1 heterocycles. The lowest BCUT2D eigenvalue weighted by Crippen LogP contribution is -2.38. The second-order valence-electron chi connectivity index (χ2n) is 11.5. The second kappa shape index (κ2) is 14.9. The molecule has 38 heavy (non-hydrogen) atoms. The third kappa shape index (κ3) is 9.11. The molecule has 0 bridgehead atoms. The maximum Gasteiger partial charge on any atom is 0.0654 e. The lowest BCUT2D eigenvalue weighted by molar-refractivity contribution is 0.200. The van der Waals surface area contributed by atoms with Crippen LogP contribution in [0, 0.1) is 25.7 Å². The average molecular weight is 514 g/mol. The molecule has 1 aliphatic heterocycles. The Labute approximate surface area is 233 Å². The van der Waals surface area contributed by atoms with Gasteiger partial charge in [-0.2, -0.15) is 0 Å². The third-order valence-electron chi connectivity index (χ3n) is 8.16. The standard InChI is InChI=1S/C35H51N3/c1-8-13-33-16-12-21-38(25-33)29(5)23-28(4)30(6)37-35(20-19-32-14-10-9-11-15-32)31(7)36-24-34-22-26(2)17-18-27(34)3/h9-11,14-15,17-18,22,28,33,35-37H,5-8,12-13,16,19-21,23-25H2,1-4H3. The molecule has 1 saturated heterocycles. The molecule has 3 heteroatoms. The minimum absolute atomic E-state index is 0.104. The van der Waals surface area contributed by atoms with Crippen molar-refractivity contribution in [1.82, 2.24) is 15.5 Å². The predicted molar refractivity (Wildman–Crippen MR) is 165 cm³/mol. The summed E-state index contributed by atoms with van der Waals surface area (Å²) in [7, 11) is 0. The summed E-state index contributed by atoms with van der Waals surface area (Å²) in [5.41, 5.74) is 8.61. The summed E-state index contributed by atoms with van der Waals surface area (Å²) in [5.74, 6) is 1.12. The SMILES string of the molecule is C=C(NC(CCc1ccccc1)C(=C)NCc1cc(C)ccc1C)C(C)CC(=C)N1CCCC(CCC)C1. The van der Waals surface area contributed by atoms with E-state index < -0.39 is 0 Å². The van der Waals surface area contributed by atoms with Crippen LogP contribution in [0.4, 0.5) is 0 Å². The van der Waals surface area contributed by atoms with Gasteiger partial charge < -0.3 is 15.5 Å². The molecule has 3 nitrogen and oxygen atoms in total. The van der Waals surface area contributed by atoms with Crippen LogP contribution in [0.25, 0.3) is 0 Å². The first kappa shape index (κ1) is 29.6. The van der Waals surface area contributed by atoms with Crippen molar-refractivity contribution in [3.63, 3.8) is 0 Å². The Kier molecular flexibility index (Phi) is 11.6. The number of benzene rings is 2. The molecular formula is C35H51N3. The maximum atomic E-state index is 4.49. The molecule has 2 aromatic carbocycles. The van der Waals surface area contributed by atoms with Gasteiger partial charge in [0.25, 0.3) is 0 Å². The van der Waals surface area contributed by atoms with E-state index in [2.05, 4.69) is 111 Å². The molecule has 0 spiro atoms. The fourth-order valence-electron chi connectivity index (χ4n) is 5.58. The summed E-state index contributed by atoms with van der Waals surface area (Å²) in [6.07, 6.45) is 8.14. The van der Waals surface area contributed by atoms with Crippen molar-refractivity contribution < 1.29 is 0 Å². The molecule has 2 aromatic rings. The maximum absolute atomic E-state index is 4.49. The molecule has 0 aromatic heterocycles. The summed E-state index contributed by atoms with van der Waals surface area (Å²) in [6, 6.07) is 17.5. The summed E-state index contributed by atoms with van der Waals surface area (Å²) in [6.45, 7) is 25.4. The van der Waals surface area contributed by atoms with Gasteiger partial charge in [-0.3, -0.25) is 0 Å². The van der Waals surface area contributed by atoms with E-state index in [4.69, 9.17) is 0 Å². The Balaban J connectivity index is 1.61. The van der Waals surface area contributed by atoms with Crippen LogP contribution in [-0.4, -0.2) is 24.0 Å². The van der Waals surface area contributed by atoms with Crippen LogP contribution in [0.2, 0.25) is 0 Å². The van der Waals surface area contributed by atoms with Crippen molar-refractivity contribution in [2.24, 2.45) is 11.8 Å². The second-order valence-corrected chi connectivity index (χ2v) is 11.5. The van der Waals surface area contributed by atoms with Crippen molar-refractivity contribution >= 4 is 0 Å². The highest BCUT2D eigenvalue weighted by atomic mass is 15.1. The van der Waals surface area contributed by atoms with Gasteiger partial charge in [-0.1, -0.05) is 94.1 Å². The number of nitrogens with one attached hydrogen (secondary N) is 2. The Morgan fingerprint density at radius 3 is 2.55 bits per heavy atom. The Bertz CT molecular complexity index is 1050. The first-order chi connectivity index (χ1) is 18.3. The first-order valence-electron chi connectivity index (χ1n) is 14.7. The molecule has 0 saturated carbocycles. The lowest BCUT2D eigenvalue weighted by Gasteiger charge is -2.37. The van der Waals surface area contributed by atoms with Crippen LogP contribution >= 0.6 is 0 Å². The molecule has 1 fully saturated rings. The van der Waals surface area contributed by atoms with Crippen molar-refractivity contribution in [3.8, 4) is 0 Å². The number of aryl methyl sites for hydroxylation is 3. The molecule has 0 radical (unpaired) electrons.